The van der Waals surface area contributed by atoms with Crippen LogP contribution < -0.4 is 9.47 Å². The highest BCUT2D eigenvalue weighted by Gasteiger charge is 2.28. The monoisotopic (exact) mass is 381 g/mol. The number of ether oxygens (including phenoxy) is 3. The predicted octanol–water partition coefficient (Wildman–Crippen LogP) is 3.32. The number of hydrogen-bond donors (Lipinski definition) is 0. The number of non-ortho nitro benzene ring substituents is 1. The Hall–Kier alpha value is -3.94. The van der Waals surface area contributed by atoms with Crippen LogP contribution in [0.4, 0.5) is 5.69 Å². The van der Waals surface area contributed by atoms with E-state index in [9.17, 15) is 19.7 Å². The summed E-state index contributed by atoms with van der Waals surface area (Å²) in [4.78, 5) is 34.3. The molecule has 2 aromatic rings. The average Bonchev–Trinajstić information content (AvgIpc) is 2.99. The molecule has 0 spiro atoms. The predicted molar refractivity (Wildman–Crippen MR) is 99.1 cm³/mol. The fourth-order valence-electron chi connectivity index (χ4n) is 2.47. The zero-order chi connectivity index (χ0) is 20.1. The molecule has 0 aromatic heterocycles. The number of Topliss-reactive ketones (excluding diaryl/α,β-unsaturated/α-hetero) is 1. The lowest BCUT2D eigenvalue weighted by atomic mass is 10.1. The molecule has 3 rings (SSSR count). The van der Waals surface area contributed by atoms with Gasteiger partial charge in [0.1, 0.15) is 18.1 Å². The Balaban J connectivity index is 1.74. The third kappa shape index (κ3) is 4.24. The van der Waals surface area contributed by atoms with Crippen LogP contribution in [-0.2, 0) is 9.53 Å². The minimum absolute atomic E-state index is 0.0399. The normalized spacial score (nSPS) is 13.6. The first-order valence-corrected chi connectivity index (χ1v) is 8.20. The Morgan fingerprint density at radius 3 is 2.82 bits per heavy atom. The first-order valence-electron chi connectivity index (χ1n) is 8.20. The van der Waals surface area contributed by atoms with E-state index in [4.69, 9.17) is 14.2 Å². The zero-order valence-corrected chi connectivity index (χ0v) is 14.6. The quantitative estimate of drug-likeness (QED) is 0.238. The summed E-state index contributed by atoms with van der Waals surface area (Å²) in [6.07, 6.45) is 2.88. The number of fused-ring (bicyclic) bond motifs is 1. The van der Waals surface area contributed by atoms with E-state index in [1.165, 1.54) is 48.6 Å². The molecular formula is C20H15NO7. The van der Waals surface area contributed by atoms with E-state index in [1.807, 2.05) is 0 Å². The van der Waals surface area contributed by atoms with Gasteiger partial charge in [-0.25, -0.2) is 4.79 Å². The van der Waals surface area contributed by atoms with Crippen molar-refractivity contribution in [3.8, 4) is 11.5 Å². The van der Waals surface area contributed by atoms with E-state index in [0.717, 1.165) is 0 Å². The molecule has 0 saturated heterocycles. The van der Waals surface area contributed by atoms with Gasteiger partial charge < -0.3 is 14.2 Å². The molecule has 0 bridgehead atoms. The second kappa shape index (κ2) is 8.17. The van der Waals surface area contributed by atoms with Crippen molar-refractivity contribution < 1.29 is 28.7 Å². The smallest absolute Gasteiger partial charge is 0.344 e. The molecule has 0 amide bonds. The molecule has 0 atom stereocenters. The number of nitro groups is 1. The molecule has 0 unspecified atom stereocenters. The molecule has 0 fully saturated rings. The minimum Gasteiger partial charge on any atom is -0.482 e. The number of nitro benzene ring substituents is 1. The molecular weight excluding hydrogens is 366 g/mol. The fraction of sp³-hybridized carbons (Fsp3) is 0.100. The lowest BCUT2D eigenvalue weighted by Crippen LogP contribution is -2.14. The SMILES string of the molecule is C=CCOC(=O)COc1ccc2c(c1)OC(=Cc1cccc([N+](=O)[O-])c1)C2=O. The molecule has 0 N–H and O–H groups in total. The van der Waals surface area contributed by atoms with Crippen LogP contribution in [0.2, 0.25) is 0 Å². The summed E-state index contributed by atoms with van der Waals surface area (Å²) in [5, 5.41) is 10.9. The van der Waals surface area contributed by atoms with E-state index < -0.39 is 10.9 Å². The van der Waals surface area contributed by atoms with Gasteiger partial charge in [-0.15, -0.1) is 0 Å². The molecule has 0 radical (unpaired) electrons. The lowest BCUT2D eigenvalue weighted by Gasteiger charge is -2.06. The van der Waals surface area contributed by atoms with Crippen molar-refractivity contribution >= 4 is 23.5 Å². The summed E-state index contributed by atoms with van der Waals surface area (Å²) in [7, 11) is 0. The fourth-order valence-corrected chi connectivity index (χ4v) is 2.47. The van der Waals surface area contributed by atoms with Crippen molar-refractivity contribution in [3.05, 3.63) is 82.1 Å². The van der Waals surface area contributed by atoms with Crippen molar-refractivity contribution in [3.63, 3.8) is 0 Å². The molecule has 142 valence electrons. The molecule has 1 heterocycles. The van der Waals surface area contributed by atoms with Crippen LogP contribution in [-0.4, -0.2) is 29.9 Å². The van der Waals surface area contributed by atoms with E-state index in [2.05, 4.69) is 6.58 Å². The van der Waals surface area contributed by atoms with Gasteiger partial charge in [0, 0.05) is 18.2 Å². The average molecular weight is 381 g/mol. The van der Waals surface area contributed by atoms with Crippen molar-refractivity contribution in [1.29, 1.82) is 0 Å². The number of esters is 1. The Morgan fingerprint density at radius 2 is 2.07 bits per heavy atom. The number of hydrogen-bond acceptors (Lipinski definition) is 7. The van der Waals surface area contributed by atoms with E-state index in [0.29, 0.717) is 16.9 Å². The molecule has 0 aliphatic carbocycles. The van der Waals surface area contributed by atoms with Crippen LogP contribution in [0.15, 0.2) is 60.9 Å². The minimum atomic E-state index is -0.552. The summed E-state index contributed by atoms with van der Waals surface area (Å²) in [5.41, 5.74) is 0.710. The molecule has 2 aromatic carbocycles. The first kappa shape index (κ1) is 18.8. The van der Waals surface area contributed by atoms with Gasteiger partial charge in [0.25, 0.3) is 5.69 Å². The molecule has 28 heavy (non-hydrogen) atoms. The lowest BCUT2D eigenvalue weighted by molar-refractivity contribution is -0.384. The Kier molecular flexibility index (Phi) is 5.50. The summed E-state index contributed by atoms with van der Waals surface area (Å²) in [5.74, 6) is -0.252. The maximum Gasteiger partial charge on any atom is 0.344 e. The van der Waals surface area contributed by atoms with Crippen LogP contribution in [0.25, 0.3) is 6.08 Å². The number of benzene rings is 2. The summed E-state index contributed by atoms with van der Waals surface area (Å²) < 4.78 is 15.7. The standard InChI is InChI=1S/C20H15NO7/c1-2-8-26-19(22)12-27-15-6-7-16-17(11-15)28-18(20(16)23)10-13-4-3-5-14(9-13)21(24)25/h2-7,9-11H,1,8,12H2. The Morgan fingerprint density at radius 1 is 1.25 bits per heavy atom. The van der Waals surface area contributed by atoms with E-state index >= 15 is 0 Å². The van der Waals surface area contributed by atoms with Gasteiger partial charge in [0.2, 0.25) is 5.78 Å². The van der Waals surface area contributed by atoms with Gasteiger partial charge in [-0.05, 0) is 23.8 Å². The highest BCUT2D eigenvalue weighted by Crippen LogP contribution is 2.35. The van der Waals surface area contributed by atoms with Gasteiger partial charge in [-0.3, -0.25) is 14.9 Å². The third-order valence-electron chi connectivity index (χ3n) is 3.74. The Bertz CT molecular complexity index is 994. The third-order valence-corrected chi connectivity index (χ3v) is 3.74. The number of carbonyl (C=O) groups excluding carboxylic acids is 2. The zero-order valence-electron chi connectivity index (χ0n) is 14.6. The molecule has 0 saturated carbocycles. The largest absolute Gasteiger partial charge is 0.482 e. The topological polar surface area (TPSA) is 105 Å². The van der Waals surface area contributed by atoms with Gasteiger partial charge in [0.15, 0.2) is 12.4 Å². The van der Waals surface area contributed by atoms with Crippen LogP contribution in [0.1, 0.15) is 15.9 Å². The maximum atomic E-state index is 12.5. The summed E-state index contributed by atoms with van der Waals surface area (Å²) >= 11 is 0. The van der Waals surface area contributed by atoms with Gasteiger partial charge in [-0.2, -0.15) is 0 Å². The van der Waals surface area contributed by atoms with Crippen molar-refractivity contribution in [2.24, 2.45) is 0 Å². The van der Waals surface area contributed by atoms with E-state index in [-0.39, 0.29) is 36.2 Å². The van der Waals surface area contributed by atoms with Crippen LogP contribution in [0.3, 0.4) is 0 Å². The molecule has 1 aliphatic rings. The van der Waals surface area contributed by atoms with Crippen molar-refractivity contribution in [2.75, 3.05) is 13.2 Å². The second-order valence-electron chi connectivity index (χ2n) is 5.71. The van der Waals surface area contributed by atoms with Crippen LogP contribution in [0, 0.1) is 10.1 Å². The Labute approximate surface area is 159 Å². The van der Waals surface area contributed by atoms with Gasteiger partial charge >= 0.3 is 5.97 Å². The van der Waals surface area contributed by atoms with Crippen molar-refractivity contribution in [2.45, 2.75) is 0 Å². The highest BCUT2D eigenvalue weighted by atomic mass is 16.6. The number of rotatable bonds is 7. The molecule has 1 aliphatic heterocycles. The summed E-state index contributed by atoms with van der Waals surface area (Å²) in [6, 6.07) is 10.4. The number of nitrogens with zero attached hydrogens (tertiary/aromatic N) is 1. The van der Waals surface area contributed by atoms with E-state index in [1.54, 1.807) is 6.07 Å². The van der Waals surface area contributed by atoms with Gasteiger partial charge in [0.05, 0.1) is 10.5 Å². The van der Waals surface area contributed by atoms with Crippen LogP contribution in [0.5, 0.6) is 11.5 Å². The number of carbonyl (C=O) groups is 2. The van der Waals surface area contributed by atoms with Gasteiger partial charge in [-0.1, -0.05) is 24.8 Å². The molecule has 8 heteroatoms. The summed E-state index contributed by atoms with van der Waals surface area (Å²) in [6.45, 7) is 3.24. The van der Waals surface area contributed by atoms with Crippen LogP contribution >= 0.6 is 0 Å². The number of ketones is 1. The highest BCUT2D eigenvalue weighted by molar-refractivity contribution is 6.14. The molecule has 8 nitrogen and oxygen atoms in total. The first-order chi connectivity index (χ1) is 13.5. The van der Waals surface area contributed by atoms with Crippen molar-refractivity contribution in [1.82, 2.24) is 0 Å². The number of allylic oxidation sites excluding steroid dienone is 1. The maximum absolute atomic E-state index is 12.5. The second-order valence-corrected chi connectivity index (χ2v) is 5.71.